The van der Waals surface area contributed by atoms with Gasteiger partial charge < -0.3 is 5.73 Å². The maximum atomic E-state index is 13.0. The Hall–Kier alpha value is -1.81. The van der Waals surface area contributed by atoms with Gasteiger partial charge in [-0.3, -0.25) is 0 Å². The molecule has 2 rings (SSSR count). The number of hydrogen-bond donors (Lipinski definition) is 1. The number of aryl methyl sites for hydroxylation is 1. The fraction of sp³-hybridized carbons (Fsp3) is 0.200. The van der Waals surface area contributed by atoms with E-state index in [0.29, 0.717) is 12.1 Å². The minimum Gasteiger partial charge on any atom is -0.326 e. The molecule has 100 valence electrons. The van der Waals surface area contributed by atoms with Crippen LogP contribution in [-0.4, -0.2) is 0 Å². The Morgan fingerprint density at radius 3 is 2.26 bits per heavy atom. The van der Waals surface area contributed by atoms with Gasteiger partial charge in [0.1, 0.15) is 0 Å². The number of alkyl halides is 3. The Morgan fingerprint density at radius 1 is 1.00 bits per heavy atom. The van der Waals surface area contributed by atoms with Crippen molar-refractivity contribution >= 4 is 0 Å². The van der Waals surface area contributed by atoms with Gasteiger partial charge in [0.2, 0.25) is 0 Å². The topological polar surface area (TPSA) is 26.0 Å². The molecule has 0 spiro atoms. The zero-order valence-corrected chi connectivity index (χ0v) is 10.5. The number of rotatable bonds is 2. The lowest BCUT2D eigenvalue weighted by atomic mass is 9.94. The molecule has 0 amide bonds. The molecular weight excluding hydrogens is 251 g/mol. The second-order valence-electron chi connectivity index (χ2n) is 4.40. The van der Waals surface area contributed by atoms with Crippen LogP contribution in [0.4, 0.5) is 13.2 Å². The lowest BCUT2D eigenvalue weighted by Gasteiger charge is -2.15. The van der Waals surface area contributed by atoms with E-state index in [9.17, 15) is 13.2 Å². The fourth-order valence-corrected chi connectivity index (χ4v) is 2.12. The Kier molecular flexibility index (Phi) is 3.62. The number of nitrogens with two attached hydrogens (primary N) is 1. The minimum absolute atomic E-state index is 0.205. The number of halogens is 3. The third kappa shape index (κ3) is 2.79. The lowest BCUT2D eigenvalue weighted by Crippen LogP contribution is -2.07. The van der Waals surface area contributed by atoms with Gasteiger partial charge in [-0.15, -0.1) is 0 Å². The van der Waals surface area contributed by atoms with Crippen molar-refractivity contribution in [3.05, 3.63) is 59.2 Å². The molecule has 0 aliphatic carbocycles. The standard InChI is InChI=1S/C15H14F3N/c1-10-8-11(9-19)6-7-12(10)13-4-2-3-5-14(13)15(16,17)18/h2-8H,9,19H2,1H3. The van der Waals surface area contributed by atoms with Crippen LogP contribution in [0, 0.1) is 6.92 Å². The predicted octanol–water partition coefficient (Wildman–Crippen LogP) is 4.14. The van der Waals surface area contributed by atoms with Crippen LogP contribution in [0.15, 0.2) is 42.5 Å². The van der Waals surface area contributed by atoms with Gasteiger partial charge in [-0.1, -0.05) is 36.4 Å². The summed E-state index contributed by atoms with van der Waals surface area (Å²) < 4.78 is 39.0. The molecule has 0 aromatic heterocycles. The maximum absolute atomic E-state index is 13.0. The highest BCUT2D eigenvalue weighted by Gasteiger charge is 2.33. The van der Waals surface area contributed by atoms with E-state index in [-0.39, 0.29) is 5.56 Å². The molecule has 0 saturated carbocycles. The smallest absolute Gasteiger partial charge is 0.326 e. The summed E-state index contributed by atoms with van der Waals surface area (Å²) in [6, 6.07) is 10.9. The second-order valence-corrected chi connectivity index (χ2v) is 4.40. The van der Waals surface area contributed by atoms with Crippen LogP contribution >= 0.6 is 0 Å². The van der Waals surface area contributed by atoms with Crippen molar-refractivity contribution in [2.24, 2.45) is 5.73 Å². The zero-order valence-electron chi connectivity index (χ0n) is 10.5. The van der Waals surface area contributed by atoms with Crippen LogP contribution in [0.25, 0.3) is 11.1 Å². The van der Waals surface area contributed by atoms with Crippen LogP contribution in [0.3, 0.4) is 0 Å². The maximum Gasteiger partial charge on any atom is 0.417 e. The van der Waals surface area contributed by atoms with E-state index in [1.54, 1.807) is 25.1 Å². The van der Waals surface area contributed by atoms with Gasteiger partial charge in [-0.2, -0.15) is 13.2 Å². The van der Waals surface area contributed by atoms with Crippen molar-refractivity contribution in [3.8, 4) is 11.1 Å². The zero-order chi connectivity index (χ0) is 14.0. The van der Waals surface area contributed by atoms with E-state index >= 15 is 0 Å². The molecule has 0 bridgehead atoms. The molecule has 2 N–H and O–H groups in total. The molecule has 0 aliphatic rings. The van der Waals surface area contributed by atoms with E-state index < -0.39 is 11.7 Å². The third-order valence-corrected chi connectivity index (χ3v) is 3.05. The summed E-state index contributed by atoms with van der Waals surface area (Å²) in [6.07, 6.45) is -4.35. The normalized spacial score (nSPS) is 11.6. The van der Waals surface area contributed by atoms with E-state index in [1.165, 1.54) is 12.1 Å². The Morgan fingerprint density at radius 2 is 1.68 bits per heavy atom. The van der Waals surface area contributed by atoms with Gasteiger partial charge in [0.05, 0.1) is 5.56 Å². The summed E-state index contributed by atoms with van der Waals surface area (Å²) in [5.41, 5.74) is 7.41. The Bertz CT molecular complexity index is 588. The first-order valence-electron chi connectivity index (χ1n) is 5.89. The first kappa shape index (κ1) is 13.6. The second kappa shape index (κ2) is 5.05. The predicted molar refractivity (Wildman–Crippen MR) is 69.5 cm³/mol. The molecule has 0 heterocycles. The van der Waals surface area contributed by atoms with E-state index in [1.807, 2.05) is 6.07 Å². The number of hydrogen-bond acceptors (Lipinski definition) is 1. The summed E-state index contributed by atoms with van der Waals surface area (Å²) >= 11 is 0. The molecule has 0 fully saturated rings. The van der Waals surface area contributed by atoms with Gasteiger partial charge in [0.25, 0.3) is 0 Å². The monoisotopic (exact) mass is 265 g/mol. The highest BCUT2D eigenvalue weighted by molar-refractivity contribution is 5.71. The molecule has 0 radical (unpaired) electrons. The Labute approximate surface area is 109 Å². The van der Waals surface area contributed by atoms with Crippen LogP contribution in [0.1, 0.15) is 16.7 Å². The quantitative estimate of drug-likeness (QED) is 0.867. The van der Waals surface area contributed by atoms with Crippen molar-refractivity contribution in [3.63, 3.8) is 0 Å². The van der Waals surface area contributed by atoms with Gasteiger partial charge >= 0.3 is 6.18 Å². The minimum atomic E-state index is -4.35. The molecular formula is C15H14F3N. The molecule has 0 saturated heterocycles. The van der Waals surface area contributed by atoms with Crippen molar-refractivity contribution in [1.29, 1.82) is 0 Å². The van der Waals surface area contributed by atoms with Gasteiger partial charge in [-0.05, 0) is 35.2 Å². The fourth-order valence-electron chi connectivity index (χ4n) is 2.12. The van der Waals surface area contributed by atoms with Crippen LogP contribution in [0.2, 0.25) is 0 Å². The molecule has 2 aromatic carbocycles. The first-order chi connectivity index (χ1) is 8.93. The van der Waals surface area contributed by atoms with Gasteiger partial charge in [0.15, 0.2) is 0 Å². The number of benzene rings is 2. The van der Waals surface area contributed by atoms with Crippen LogP contribution in [-0.2, 0) is 12.7 Å². The van der Waals surface area contributed by atoms with Crippen LogP contribution in [0.5, 0.6) is 0 Å². The van der Waals surface area contributed by atoms with E-state index in [2.05, 4.69) is 0 Å². The average Bonchev–Trinajstić information content (AvgIpc) is 2.37. The summed E-state index contributed by atoms with van der Waals surface area (Å²) in [5, 5.41) is 0. The van der Waals surface area contributed by atoms with Crippen molar-refractivity contribution < 1.29 is 13.2 Å². The lowest BCUT2D eigenvalue weighted by molar-refractivity contribution is -0.137. The highest BCUT2D eigenvalue weighted by Crippen LogP contribution is 2.38. The SMILES string of the molecule is Cc1cc(CN)ccc1-c1ccccc1C(F)(F)F. The van der Waals surface area contributed by atoms with Crippen molar-refractivity contribution in [2.45, 2.75) is 19.6 Å². The van der Waals surface area contributed by atoms with E-state index in [4.69, 9.17) is 5.73 Å². The average molecular weight is 265 g/mol. The van der Waals surface area contributed by atoms with Crippen LogP contribution < -0.4 is 5.73 Å². The summed E-state index contributed by atoms with van der Waals surface area (Å²) in [5.74, 6) is 0. The van der Waals surface area contributed by atoms with Crippen molar-refractivity contribution in [2.75, 3.05) is 0 Å². The van der Waals surface area contributed by atoms with Gasteiger partial charge in [0, 0.05) is 6.54 Å². The molecule has 0 atom stereocenters. The summed E-state index contributed by atoms with van der Waals surface area (Å²) in [7, 11) is 0. The largest absolute Gasteiger partial charge is 0.417 e. The first-order valence-corrected chi connectivity index (χ1v) is 5.89. The highest BCUT2D eigenvalue weighted by atomic mass is 19.4. The molecule has 2 aromatic rings. The molecule has 1 nitrogen and oxygen atoms in total. The van der Waals surface area contributed by atoms with E-state index in [0.717, 1.165) is 17.2 Å². The Balaban J connectivity index is 2.60. The molecule has 0 aliphatic heterocycles. The molecule has 19 heavy (non-hydrogen) atoms. The van der Waals surface area contributed by atoms with Crippen molar-refractivity contribution in [1.82, 2.24) is 0 Å². The summed E-state index contributed by atoms with van der Waals surface area (Å²) in [4.78, 5) is 0. The third-order valence-electron chi connectivity index (χ3n) is 3.05. The van der Waals surface area contributed by atoms with Gasteiger partial charge in [-0.25, -0.2) is 0 Å². The summed E-state index contributed by atoms with van der Waals surface area (Å²) in [6.45, 7) is 2.17. The molecule has 0 unspecified atom stereocenters. The molecule has 4 heteroatoms.